The lowest BCUT2D eigenvalue weighted by Crippen LogP contribution is -2.42. The molecule has 2 atom stereocenters. The number of rotatable bonds is 9. The molecule has 2 aromatic carbocycles. The first-order valence-corrected chi connectivity index (χ1v) is 17.7. The van der Waals surface area contributed by atoms with Crippen molar-refractivity contribution in [3.8, 4) is 5.88 Å². The van der Waals surface area contributed by atoms with Gasteiger partial charge in [-0.15, -0.1) is 5.53 Å². The van der Waals surface area contributed by atoms with E-state index in [2.05, 4.69) is 57.3 Å². The van der Waals surface area contributed by atoms with Gasteiger partial charge in [0.05, 0.1) is 29.8 Å². The van der Waals surface area contributed by atoms with Crippen molar-refractivity contribution < 1.29 is 17.9 Å². The summed E-state index contributed by atoms with van der Waals surface area (Å²) < 4.78 is 39.4. The van der Waals surface area contributed by atoms with Crippen LogP contribution in [0.3, 0.4) is 0 Å². The zero-order valence-corrected chi connectivity index (χ0v) is 28.3. The van der Waals surface area contributed by atoms with Crippen molar-refractivity contribution in [2.75, 3.05) is 35.5 Å². The predicted octanol–water partition coefficient (Wildman–Crippen LogP) is 5.37. The molecule has 11 nitrogen and oxygen atoms in total. The molecule has 13 heteroatoms. The van der Waals surface area contributed by atoms with Crippen LogP contribution in [0.15, 0.2) is 65.1 Å². The molecule has 2 N–H and O–H groups in total. The van der Waals surface area contributed by atoms with E-state index in [-0.39, 0.29) is 48.2 Å². The topological polar surface area (TPSA) is 120 Å². The molecule has 0 saturated heterocycles. The molecule has 0 radical (unpaired) electrons. The maximum Gasteiger partial charge on any atom is 0.248 e. The number of pyridine rings is 1. The predicted molar refractivity (Wildman–Crippen MR) is 181 cm³/mol. The van der Waals surface area contributed by atoms with Gasteiger partial charge in [-0.3, -0.25) is 14.8 Å². The Bertz CT molecular complexity index is 1850. The summed E-state index contributed by atoms with van der Waals surface area (Å²) in [6.45, 7) is 9.30. The van der Waals surface area contributed by atoms with Crippen LogP contribution in [0.1, 0.15) is 60.4 Å². The van der Waals surface area contributed by atoms with E-state index < -0.39 is 10.0 Å². The summed E-state index contributed by atoms with van der Waals surface area (Å²) in [6, 6.07) is 13.5. The van der Waals surface area contributed by atoms with Gasteiger partial charge in [0, 0.05) is 44.1 Å². The van der Waals surface area contributed by atoms with Crippen LogP contribution in [0.4, 0.5) is 17.1 Å². The highest BCUT2D eigenvalue weighted by atomic mass is 32.2. The standard InChI is InChI=1S/C33H39N7O4S2/c1-6-26-19-39(46(42,43)30-9-8-14-34-33(30)44-26)18-24-15-23(11-10-21(24)3)28(16-31(41)36-25-17-35-45-20-25)27-12-13-29-32(22(27)4)38(5)37-40(29)7-2/h8-15,17,20,26,28,37H,6-7,16,18-19H2,1-5H3,(H,36,41)/t26-,28+/m1/s1. The van der Waals surface area contributed by atoms with Gasteiger partial charge in [0.1, 0.15) is 11.0 Å². The zero-order valence-electron chi connectivity index (χ0n) is 26.6. The molecule has 4 heterocycles. The zero-order chi connectivity index (χ0) is 32.6. The number of aryl methyl sites for hydroxylation is 1. The van der Waals surface area contributed by atoms with Gasteiger partial charge in [0.15, 0.2) is 0 Å². The van der Waals surface area contributed by atoms with Gasteiger partial charge in [-0.05, 0) is 84.7 Å². The maximum atomic E-state index is 13.9. The largest absolute Gasteiger partial charge is 0.472 e. The molecule has 0 aliphatic carbocycles. The van der Waals surface area contributed by atoms with Gasteiger partial charge in [-0.1, -0.05) is 31.2 Å². The van der Waals surface area contributed by atoms with E-state index in [0.29, 0.717) is 12.1 Å². The molecule has 1 amide bonds. The van der Waals surface area contributed by atoms with Crippen molar-refractivity contribution in [2.45, 2.75) is 64.0 Å². The Morgan fingerprint density at radius 1 is 1.20 bits per heavy atom. The summed E-state index contributed by atoms with van der Waals surface area (Å²) >= 11 is 1.28. The van der Waals surface area contributed by atoms with E-state index in [1.54, 1.807) is 29.9 Å². The van der Waals surface area contributed by atoms with Gasteiger partial charge in [0.2, 0.25) is 21.8 Å². The number of sulfonamides is 1. The number of nitrogens with one attached hydrogen (secondary N) is 2. The minimum Gasteiger partial charge on any atom is -0.472 e. The smallest absolute Gasteiger partial charge is 0.248 e. The van der Waals surface area contributed by atoms with E-state index in [9.17, 15) is 13.2 Å². The number of carbonyl (C=O) groups excluding carboxylic acids is 1. The first kappa shape index (κ1) is 31.9. The van der Waals surface area contributed by atoms with Crippen LogP contribution in [-0.4, -0.2) is 54.2 Å². The number of hydrazine groups is 2. The van der Waals surface area contributed by atoms with Crippen LogP contribution in [0, 0.1) is 13.8 Å². The fourth-order valence-electron chi connectivity index (χ4n) is 6.27. The molecule has 242 valence electrons. The monoisotopic (exact) mass is 661 g/mol. The van der Waals surface area contributed by atoms with Gasteiger partial charge < -0.3 is 10.1 Å². The van der Waals surface area contributed by atoms with Crippen molar-refractivity contribution in [3.05, 3.63) is 88.1 Å². The molecular formula is C33H39N7O4S2. The minimum absolute atomic E-state index is 0.0739. The van der Waals surface area contributed by atoms with E-state index in [1.165, 1.54) is 15.8 Å². The number of hydrogen-bond donors (Lipinski definition) is 2. The van der Waals surface area contributed by atoms with Crippen molar-refractivity contribution >= 4 is 44.5 Å². The van der Waals surface area contributed by atoms with Gasteiger partial charge in [-0.2, -0.15) is 8.68 Å². The molecule has 2 aliphatic heterocycles. The van der Waals surface area contributed by atoms with Crippen molar-refractivity contribution in [3.63, 3.8) is 0 Å². The van der Waals surface area contributed by atoms with E-state index in [4.69, 9.17) is 4.74 Å². The summed E-state index contributed by atoms with van der Waals surface area (Å²) in [6.07, 6.45) is 3.68. The Balaban J connectivity index is 1.39. The van der Waals surface area contributed by atoms with Gasteiger partial charge in [-0.25, -0.2) is 13.4 Å². The van der Waals surface area contributed by atoms with Crippen LogP contribution < -0.4 is 25.6 Å². The van der Waals surface area contributed by atoms with Gasteiger partial charge in [0.25, 0.3) is 0 Å². The number of carbonyl (C=O) groups is 1. The number of amides is 1. The van der Waals surface area contributed by atoms with Crippen LogP contribution in [-0.2, 0) is 21.4 Å². The summed E-state index contributed by atoms with van der Waals surface area (Å²) in [7, 11) is -1.89. The molecule has 0 spiro atoms. The number of ether oxygens (including phenoxy) is 1. The second kappa shape index (κ2) is 13.0. The van der Waals surface area contributed by atoms with E-state index in [0.717, 1.165) is 45.7 Å². The number of anilines is 3. The SMILES string of the molecule is CC[C@@H]1CN(Cc2cc([C@H](CC(=O)Nc3cnsc3)c3ccc4c(c3C)N(C)NN4CC)ccc2C)S(=O)(=O)c2cccnc2O1. The molecule has 6 rings (SSSR count). The van der Waals surface area contributed by atoms with E-state index >= 15 is 0 Å². The Morgan fingerprint density at radius 3 is 2.76 bits per heavy atom. The molecule has 0 unspecified atom stereocenters. The lowest BCUT2D eigenvalue weighted by Gasteiger charge is -2.26. The lowest BCUT2D eigenvalue weighted by molar-refractivity contribution is -0.116. The van der Waals surface area contributed by atoms with Crippen LogP contribution >= 0.6 is 11.5 Å². The van der Waals surface area contributed by atoms with Crippen LogP contribution in [0.25, 0.3) is 0 Å². The Labute approximate surface area is 274 Å². The first-order chi connectivity index (χ1) is 22.1. The molecule has 2 aliphatic rings. The maximum absolute atomic E-state index is 13.9. The van der Waals surface area contributed by atoms with Crippen molar-refractivity contribution in [1.82, 2.24) is 19.2 Å². The quantitative estimate of drug-likeness (QED) is 0.244. The number of aromatic nitrogens is 2. The highest BCUT2D eigenvalue weighted by Crippen LogP contribution is 2.42. The summed E-state index contributed by atoms with van der Waals surface area (Å²) in [5, 5.41) is 8.89. The van der Waals surface area contributed by atoms with Crippen LogP contribution in [0.5, 0.6) is 5.88 Å². The first-order valence-electron chi connectivity index (χ1n) is 15.4. The molecule has 4 aromatic rings. The highest BCUT2D eigenvalue weighted by molar-refractivity contribution is 7.89. The average Bonchev–Trinajstić information content (AvgIpc) is 3.65. The normalized spacial score (nSPS) is 18.0. The van der Waals surface area contributed by atoms with Crippen molar-refractivity contribution in [2.24, 2.45) is 0 Å². The Kier molecular flexibility index (Phi) is 9.01. The Morgan fingerprint density at radius 2 is 2.02 bits per heavy atom. The highest BCUT2D eigenvalue weighted by Gasteiger charge is 2.36. The van der Waals surface area contributed by atoms with E-state index in [1.807, 2.05) is 38.0 Å². The number of benzene rings is 2. The fraction of sp³-hybridized carbons (Fsp3) is 0.364. The molecular weight excluding hydrogens is 623 g/mol. The summed E-state index contributed by atoms with van der Waals surface area (Å²) in [5.74, 6) is -0.281. The van der Waals surface area contributed by atoms with Crippen LogP contribution in [0.2, 0.25) is 0 Å². The molecule has 0 bridgehead atoms. The Hall–Kier alpha value is -4.04. The second-order valence-electron chi connectivity index (χ2n) is 11.7. The third-order valence-electron chi connectivity index (χ3n) is 8.76. The number of nitrogens with zero attached hydrogens (tertiary/aromatic N) is 5. The van der Waals surface area contributed by atoms with Gasteiger partial charge >= 0.3 is 0 Å². The summed E-state index contributed by atoms with van der Waals surface area (Å²) in [4.78, 5) is 17.8. The number of hydrogen-bond acceptors (Lipinski definition) is 10. The fourth-order valence-corrected chi connectivity index (χ4v) is 8.26. The second-order valence-corrected chi connectivity index (χ2v) is 14.3. The van der Waals surface area contributed by atoms with Crippen molar-refractivity contribution in [1.29, 1.82) is 0 Å². The lowest BCUT2D eigenvalue weighted by atomic mass is 9.83. The third-order valence-corrected chi connectivity index (χ3v) is 11.2. The minimum atomic E-state index is -3.88. The molecule has 0 fully saturated rings. The molecule has 46 heavy (non-hydrogen) atoms. The molecule has 0 saturated carbocycles. The molecule has 2 aromatic heterocycles. The number of fused-ring (bicyclic) bond motifs is 2. The summed E-state index contributed by atoms with van der Waals surface area (Å²) in [5.41, 5.74) is 11.1. The average molecular weight is 662 g/mol. The third kappa shape index (κ3) is 6.07.